The van der Waals surface area contributed by atoms with Crippen molar-refractivity contribution in [1.82, 2.24) is 6.15 Å². The monoisotopic (exact) mass is 552 g/mol. The minimum absolute atomic E-state index is 0. The maximum Gasteiger partial charge on any atom is 0.0815 e. The van der Waals surface area contributed by atoms with Crippen molar-refractivity contribution in [3.8, 4) is 0 Å². The lowest BCUT2D eigenvalue weighted by molar-refractivity contribution is 0.251. The molecular weight excluding hydrogens is 474 g/mol. The van der Waals surface area contributed by atoms with E-state index in [0.717, 1.165) is 6.61 Å². The molecule has 1 aliphatic rings. The van der Waals surface area contributed by atoms with E-state index in [2.05, 4.69) is 20.8 Å². The van der Waals surface area contributed by atoms with E-state index in [1.807, 2.05) is 0 Å². The van der Waals surface area contributed by atoms with Gasteiger partial charge in [-0.2, -0.15) is 0 Å². The molecule has 3 N–H and O–H groups in total. The molecular formula is C37H77NO. The predicted octanol–water partition coefficient (Wildman–Crippen LogP) is 13.7. The van der Waals surface area contributed by atoms with Crippen LogP contribution in [-0.2, 0) is 4.74 Å². The molecule has 39 heavy (non-hydrogen) atoms. The van der Waals surface area contributed by atoms with Gasteiger partial charge in [-0.3, -0.25) is 0 Å². The molecule has 0 aliphatic carbocycles. The van der Waals surface area contributed by atoms with Crippen LogP contribution in [0.25, 0.3) is 0 Å². The Hall–Kier alpha value is -0.0800. The number of hydrogen-bond donors (Lipinski definition) is 1. The lowest BCUT2D eigenvalue weighted by Crippen LogP contribution is -2.14. The molecule has 0 bridgehead atoms. The summed E-state index contributed by atoms with van der Waals surface area (Å²) in [6, 6.07) is 0. The zero-order valence-electron chi connectivity index (χ0n) is 27.8. The standard InChI is InChI=1S/C37H74O.H3N/c1-4-5-6-7-8-9-10-11-12-13-14-15-16-17-18-19-20-21-22-23-24-25-26-27-28-29-30-31-32-33-37(2,3)34-36-35-38-36;/h36H,4-35H2,1-3H3;1H3. The minimum Gasteiger partial charge on any atom is -0.373 e. The average molecular weight is 552 g/mol. The molecule has 0 aromatic rings. The van der Waals surface area contributed by atoms with Crippen LogP contribution in [-0.4, -0.2) is 12.7 Å². The summed E-state index contributed by atoms with van der Waals surface area (Å²) in [7, 11) is 0. The molecule has 1 rings (SSSR count). The van der Waals surface area contributed by atoms with Crippen LogP contribution in [0, 0.1) is 5.41 Å². The molecule has 1 atom stereocenters. The second kappa shape index (κ2) is 29.4. The third kappa shape index (κ3) is 30.7. The van der Waals surface area contributed by atoms with Crippen LogP contribution in [0.15, 0.2) is 0 Å². The maximum absolute atomic E-state index is 5.41. The highest BCUT2D eigenvalue weighted by atomic mass is 16.6. The highest BCUT2D eigenvalue weighted by Crippen LogP contribution is 2.34. The van der Waals surface area contributed by atoms with Crippen molar-refractivity contribution in [2.45, 2.75) is 226 Å². The molecule has 0 amide bonds. The van der Waals surface area contributed by atoms with Crippen LogP contribution < -0.4 is 6.15 Å². The van der Waals surface area contributed by atoms with Gasteiger partial charge in [-0.25, -0.2) is 0 Å². The molecule has 2 nitrogen and oxygen atoms in total. The summed E-state index contributed by atoms with van der Waals surface area (Å²) in [5, 5.41) is 0. The van der Waals surface area contributed by atoms with E-state index in [0.29, 0.717) is 11.5 Å². The quantitative estimate of drug-likeness (QED) is 0.0667. The van der Waals surface area contributed by atoms with Crippen molar-refractivity contribution in [1.29, 1.82) is 0 Å². The zero-order chi connectivity index (χ0) is 27.4. The van der Waals surface area contributed by atoms with Crippen LogP contribution in [0.2, 0.25) is 0 Å². The Morgan fingerprint density at radius 1 is 0.436 bits per heavy atom. The topological polar surface area (TPSA) is 47.5 Å². The highest BCUT2D eigenvalue weighted by Gasteiger charge is 2.30. The van der Waals surface area contributed by atoms with Gasteiger partial charge in [0.05, 0.1) is 12.7 Å². The number of unbranched alkanes of at least 4 members (excludes halogenated alkanes) is 28. The summed E-state index contributed by atoms with van der Waals surface area (Å²) < 4.78 is 5.41. The van der Waals surface area contributed by atoms with Crippen molar-refractivity contribution >= 4 is 0 Å². The highest BCUT2D eigenvalue weighted by molar-refractivity contribution is 4.79. The summed E-state index contributed by atoms with van der Waals surface area (Å²) in [6.07, 6.45) is 46.0. The summed E-state index contributed by atoms with van der Waals surface area (Å²) in [5.74, 6) is 0. The minimum atomic E-state index is 0. The van der Waals surface area contributed by atoms with Crippen molar-refractivity contribution < 1.29 is 4.74 Å². The van der Waals surface area contributed by atoms with E-state index in [4.69, 9.17) is 4.74 Å². The normalized spacial score (nSPS) is 15.0. The Morgan fingerprint density at radius 2 is 0.667 bits per heavy atom. The summed E-state index contributed by atoms with van der Waals surface area (Å²) >= 11 is 0. The molecule has 2 heteroatoms. The van der Waals surface area contributed by atoms with E-state index >= 15 is 0 Å². The molecule has 0 radical (unpaired) electrons. The van der Waals surface area contributed by atoms with Gasteiger partial charge in [-0.15, -0.1) is 0 Å². The van der Waals surface area contributed by atoms with Gasteiger partial charge in [0.15, 0.2) is 0 Å². The van der Waals surface area contributed by atoms with Gasteiger partial charge < -0.3 is 10.9 Å². The summed E-state index contributed by atoms with van der Waals surface area (Å²) in [4.78, 5) is 0. The largest absolute Gasteiger partial charge is 0.373 e. The van der Waals surface area contributed by atoms with Gasteiger partial charge in [-0.05, 0) is 18.3 Å². The fraction of sp³-hybridized carbons (Fsp3) is 1.00. The van der Waals surface area contributed by atoms with E-state index < -0.39 is 0 Å². The first-order valence-corrected chi connectivity index (χ1v) is 18.3. The lowest BCUT2D eigenvalue weighted by atomic mass is 9.82. The van der Waals surface area contributed by atoms with Crippen LogP contribution in [0.3, 0.4) is 0 Å². The Labute approximate surface area is 248 Å². The van der Waals surface area contributed by atoms with Gasteiger partial charge >= 0.3 is 0 Å². The van der Waals surface area contributed by atoms with Crippen molar-refractivity contribution in [3.63, 3.8) is 0 Å². The molecule has 1 unspecified atom stereocenters. The van der Waals surface area contributed by atoms with E-state index in [9.17, 15) is 0 Å². The molecule has 1 fully saturated rings. The SMILES string of the molecule is CCCCCCCCCCCCCCCCCCCCCCCCCCCCCCCC(C)(C)CC1CO1.N. The third-order valence-electron chi connectivity index (χ3n) is 9.14. The second-order valence-corrected chi connectivity index (χ2v) is 14.0. The van der Waals surface area contributed by atoms with Crippen molar-refractivity contribution in [2.24, 2.45) is 5.41 Å². The fourth-order valence-corrected chi connectivity index (χ4v) is 6.35. The summed E-state index contributed by atoms with van der Waals surface area (Å²) in [6.45, 7) is 8.18. The average Bonchev–Trinajstić information content (AvgIpc) is 3.71. The van der Waals surface area contributed by atoms with Crippen molar-refractivity contribution in [3.05, 3.63) is 0 Å². The molecule has 1 saturated heterocycles. The zero-order valence-corrected chi connectivity index (χ0v) is 27.8. The molecule has 1 aliphatic heterocycles. The Morgan fingerprint density at radius 3 is 0.897 bits per heavy atom. The van der Waals surface area contributed by atoms with Gasteiger partial charge in [0.2, 0.25) is 0 Å². The smallest absolute Gasteiger partial charge is 0.0815 e. The van der Waals surface area contributed by atoms with Gasteiger partial charge in [0, 0.05) is 0 Å². The van der Waals surface area contributed by atoms with Crippen molar-refractivity contribution in [2.75, 3.05) is 6.61 Å². The van der Waals surface area contributed by atoms with Crippen LogP contribution in [0.4, 0.5) is 0 Å². The molecule has 0 spiro atoms. The lowest BCUT2D eigenvalue weighted by Gasteiger charge is -2.23. The molecule has 1 heterocycles. The molecule has 0 saturated carbocycles. The van der Waals surface area contributed by atoms with Crippen LogP contribution in [0.1, 0.15) is 220 Å². The van der Waals surface area contributed by atoms with E-state index in [1.165, 1.54) is 199 Å². The Kier molecular flexibility index (Phi) is 29.4. The molecule has 0 aromatic carbocycles. The Balaban J connectivity index is 0.0000144. The fourth-order valence-electron chi connectivity index (χ4n) is 6.35. The number of rotatable bonds is 32. The number of ether oxygens (including phenoxy) is 1. The predicted molar refractivity (Wildman–Crippen MR) is 177 cm³/mol. The molecule has 0 aromatic heterocycles. The first-order chi connectivity index (χ1) is 18.6. The third-order valence-corrected chi connectivity index (χ3v) is 9.14. The number of epoxide rings is 1. The first-order valence-electron chi connectivity index (χ1n) is 18.3. The van der Waals surface area contributed by atoms with E-state index in [-0.39, 0.29) is 6.15 Å². The van der Waals surface area contributed by atoms with Gasteiger partial charge in [-0.1, -0.05) is 207 Å². The first kappa shape index (κ1) is 38.9. The Bertz CT molecular complexity index is 458. The van der Waals surface area contributed by atoms with Crippen LogP contribution >= 0.6 is 0 Å². The maximum atomic E-state index is 5.41. The number of hydrogen-bond acceptors (Lipinski definition) is 2. The van der Waals surface area contributed by atoms with Gasteiger partial charge in [0.1, 0.15) is 0 Å². The van der Waals surface area contributed by atoms with E-state index in [1.54, 1.807) is 0 Å². The van der Waals surface area contributed by atoms with Crippen LogP contribution in [0.5, 0.6) is 0 Å². The molecule has 236 valence electrons. The summed E-state index contributed by atoms with van der Waals surface area (Å²) in [5.41, 5.74) is 0.493. The second-order valence-electron chi connectivity index (χ2n) is 14.0. The van der Waals surface area contributed by atoms with Gasteiger partial charge in [0.25, 0.3) is 0 Å².